The fourth-order valence-corrected chi connectivity index (χ4v) is 13.5. The number of nitrogens with one attached hydrogen (secondary N) is 13. The van der Waals surface area contributed by atoms with Crippen molar-refractivity contribution in [3.05, 3.63) is 89.2 Å². The first-order chi connectivity index (χ1) is 52.7. The number of benzene rings is 2. The molecule has 111 heavy (non-hydrogen) atoms. The second-order valence-corrected chi connectivity index (χ2v) is 29.7. The Kier molecular flexibility index (Phi) is 40.8. The number of aromatic nitrogens is 1. The summed E-state index contributed by atoms with van der Waals surface area (Å²) in [5, 5.41) is 64.3. The molecular formula is C75H112N16O18S2. The molecule has 0 saturated carbocycles. The lowest BCUT2D eigenvalue weighted by atomic mass is 9.94. The quantitative estimate of drug-likeness (QED) is 0.0337. The molecule has 4 rings (SSSR count). The summed E-state index contributed by atoms with van der Waals surface area (Å²) in [5.74, 6) is -15.9. The topological polar surface area (TPSA) is 538 Å². The van der Waals surface area contributed by atoms with E-state index in [4.69, 9.17) is 16.5 Å². The van der Waals surface area contributed by atoms with Crippen LogP contribution in [0.2, 0.25) is 0 Å². The molecule has 0 aliphatic carbocycles. The van der Waals surface area contributed by atoms with Crippen LogP contribution < -0.4 is 80.6 Å². The number of nitrogens with two attached hydrogens (primary N) is 2. The summed E-state index contributed by atoms with van der Waals surface area (Å²) in [6, 6.07) is 1.08. The van der Waals surface area contributed by atoms with Crippen molar-refractivity contribution < 1.29 is 87.2 Å². The van der Waals surface area contributed by atoms with Gasteiger partial charge in [-0.15, -0.1) is 0 Å². The fraction of sp³-hybridized carbons (Fsp3) is 0.573. The molecule has 20 N–H and O–H groups in total. The summed E-state index contributed by atoms with van der Waals surface area (Å²) in [6.45, 7) is 13.9. The van der Waals surface area contributed by atoms with Gasteiger partial charge in [-0.05, 0) is 104 Å². The lowest BCUT2D eigenvalue weighted by Gasteiger charge is -2.31. The zero-order valence-corrected chi connectivity index (χ0v) is 66.1. The SMILES string of the molecule is CCC[C@H](NC(=O)[C@@H](NC(=O)[C@@H](NC(=O)[C@H](Cc1ccc(O)cc1)NC(=O)[C@@H]1CSCc2cccc(n2)CSC[C@H](NC(=O)[C@@H](NC(=O)[C@H](CCC)NC(=O)[C@H](CCCCN)NC(C)=O)[C@@H](C)CC)C(=O)N[C@@H](Cc2ccc(O)cc2)C(=O)NCC(=O)NCC(=O)N[C@@H](CC(=O)O)C(=O)N1)[C@@H](C)CC)[C@@H](C)CC)C(N)=O. The number of unbranched alkanes of at least 4 members (excludes halogenated alkanes) is 1. The third-order valence-electron chi connectivity index (χ3n) is 18.6. The number of rotatable bonds is 36. The number of hydrogen-bond acceptors (Lipinski definition) is 21. The van der Waals surface area contributed by atoms with Crippen LogP contribution in [0, 0.1) is 17.8 Å². The standard InChI is InChI=1S/C75H112N16O18S2/c1-10-18-51(65(77)99)83-73(107)63(42(7)13-4)91-75(109)64(43(8)14-5)90-70(104)55(33-46-25-29-50(94)30-26-46)86-71(105)57-39-110-37-47-20-17-21-48(81-47)38-111-40-58(88-74(108)62(41(6)12-3)89-68(102)52(19-11-2)84-67(101)53(80-44(9)92)22-15-16-31-76)72(106)85-54(32-45-23-27-49(93)28-24-45)66(100)79-35-59(95)78-36-60(96)82-56(34-61(97)98)69(103)87-57/h17,20-21,23-30,41-43,51-58,62-64,93-94H,10-16,18-19,22,31-40,76H2,1-9H3,(H2,77,99)(H,78,95)(H,79,100)(H,80,92)(H,82,96)(H,83,107)(H,84,101)(H,85,106)(H,86,105)(H,87,103)(H,88,108)(H,89,102)(H,90,104)(H,91,109)(H,97,98)/t41-,42-,43-,51-,52-,53-,54-,55-,56-,57-,58-,62-,63-,64-/m0/s1. The van der Waals surface area contributed by atoms with Gasteiger partial charge in [-0.1, -0.05) is 118 Å². The number of amides is 14. The monoisotopic (exact) mass is 1590 g/mol. The molecule has 36 heteroatoms. The molecule has 2 heterocycles. The van der Waals surface area contributed by atoms with Crippen molar-refractivity contribution in [3.63, 3.8) is 0 Å². The number of carbonyl (C=O) groups excluding carboxylic acids is 14. The third kappa shape index (κ3) is 32.8. The Balaban J connectivity index is 1.77. The van der Waals surface area contributed by atoms with Crippen LogP contribution >= 0.6 is 23.5 Å². The molecule has 0 unspecified atom stereocenters. The van der Waals surface area contributed by atoms with E-state index in [0.717, 1.165) is 23.5 Å². The van der Waals surface area contributed by atoms with Crippen molar-refractivity contribution in [3.8, 4) is 11.5 Å². The maximum atomic E-state index is 15.0. The van der Waals surface area contributed by atoms with Crippen molar-refractivity contribution in [2.24, 2.45) is 29.2 Å². The lowest BCUT2D eigenvalue weighted by molar-refractivity contribution is -0.141. The highest BCUT2D eigenvalue weighted by Gasteiger charge is 2.39. The molecule has 1 aromatic heterocycles. The van der Waals surface area contributed by atoms with Gasteiger partial charge in [0.15, 0.2) is 0 Å². The van der Waals surface area contributed by atoms with Crippen LogP contribution in [0.5, 0.6) is 11.5 Å². The Bertz CT molecular complexity index is 3650. The molecule has 0 radical (unpaired) electrons. The van der Waals surface area contributed by atoms with E-state index in [0.29, 0.717) is 74.0 Å². The minimum absolute atomic E-state index is 0.0233. The van der Waals surface area contributed by atoms with Gasteiger partial charge < -0.3 is 95.9 Å². The molecule has 14 atom stereocenters. The number of fused-ring (bicyclic) bond motifs is 2. The van der Waals surface area contributed by atoms with Crippen LogP contribution in [0.1, 0.15) is 155 Å². The fourth-order valence-electron chi connectivity index (χ4n) is 11.5. The second-order valence-electron chi connectivity index (χ2n) is 27.6. The van der Waals surface area contributed by atoms with E-state index in [2.05, 4.69) is 69.1 Å². The maximum absolute atomic E-state index is 15.0. The first kappa shape index (κ1) is 93.3. The van der Waals surface area contributed by atoms with E-state index >= 15 is 4.79 Å². The number of aromatic hydroxyl groups is 2. The molecule has 0 saturated heterocycles. The number of thioether (sulfide) groups is 2. The van der Waals surface area contributed by atoms with Gasteiger partial charge in [0.05, 0.1) is 30.9 Å². The molecule has 34 nitrogen and oxygen atoms in total. The van der Waals surface area contributed by atoms with E-state index < -0.39 is 192 Å². The van der Waals surface area contributed by atoms with E-state index in [1.807, 2.05) is 0 Å². The summed E-state index contributed by atoms with van der Waals surface area (Å²) in [4.78, 5) is 213. The van der Waals surface area contributed by atoms with Gasteiger partial charge in [0, 0.05) is 42.8 Å². The van der Waals surface area contributed by atoms with Gasteiger partial charge in [-0.2, -0.15) is 23.5 Å². The number of phenols is 2. The van der Waals surface area contributed by atoms with Crippen LogP contribution in [-0.4, -0.2) is 207 Å². The van der Waals surface area contributed by atoms with Gasteiger partial charge in [0.2, 0.25) is 82.7 Å². The second kappa shape index (κ2) is 48.5. The Morgan fingerprint density at radius 3 is 1.57 bits per heavy atom. The molecular weight excluding hydrogens is 1480 g/mol. The van der Waals surface area contributed by atoms with Crippen LogP contribution in [0.4, 0.5) is 0 Å². The Morgan fingerprint density at radius 2 is 1.03 bits per heavy atom. The van der Waals surface area contributed by atoms with Gasteiger partial charge in [-0.25, -0.2) is 0 Å². The number of pyridine rings is 1. The molecule has 2 aromatic carbocycles. The minimum Gasteiger partial charge on any atom is -0.508 e. The van der Waals surface area contributed by atoms with Gasteiger partial charge in [-0.3, -0.25) is 76.9 Å². The lowest BCUT2D eigenvalue weighted by Crippen LogP contribution is -2.62. The summed E-state index contributed by atoms with van der Waals surface area (Å²) in [6.07, 6.45) is 2.05. The number of carboxylic acids is 1. The largest absolute Gasteiger partial charge is 0.508 e. The van der Waals surface area contributed by atoms with Gasteiger partial charge in [0.1, 0.15) is 78.0 Å². The highest BCUT2D eigenvalue weighted by molar-refractivity contribution is 7.98. The average Bonchev–Trinajstić information content (AvgIpc) is 1.05. The Labute approximate surface area is 655 Å². The van der Waals surface area contributed by atoms with E-state index in [1.165, 1.54) is 55.5 Å². The van der Waals surface area contributed by atoms with E-state index in [1.54, 1.807) is 73.6 Å². The maximum Gasteiger partial charge on any atom is 0.305 e. The van der Waals surface area contributed by atoms with Crippen LogP contribution in [0.3, 0.4) is 0 Å². The van der Waals surface area contributed by atoms with Crippen LogP contribution in [0.25, 0.3) is 0 Å². The number of carbonyl (C=O) groups is 15. The number of hydrogen-bond donors (Lipinski definition) is 18. The van der Waals surface area contributed by atoms with Crippen LogP contribution in [0.15, 0.2) is 66.7 Å². The Hall–Kier alpha value is -10.1. The molecule has 0 spiro atoms. The molecule has 3 aromatic rings. The molecule has 1 aliphatic heterocycles. The smallest absolute Gasteiger partial charge is 0.305 e. The summed E-state index contributed by atoms with van der Waals surface area (Å²) >= 11 is 2.19. The van der Waals surface area contributed by atoms with Gasteiger partial charge >= 0.3 is 5.97 Å². The summed E-state index contributed by atoms with van der Waals surface area (Å²) in [7, 11) is 0. The van der Waals surface area contributed by atoms with E-state index in [9.17, 15) is 82.4 Å². The molecule has 612 valence electrons. The molecule has 1 aliphatic rings. The summed E-state index contributed by atoms with van der Waals surface area (Å²) < 4.78 is 0. The average molecular weight is 1590 g/mol. The zero-order valence-electron chi connectivity index (χ0n) is 64.5. The predicted molar refractivity (Wildman–Crippen MR) is 416 cm³/mol. The minimum atomic E-state index is -1.92. The number of phenolic OH excluding ortho intramolecular Hbond substituents is 2. The predicted octanol–water partition coefficient (Wildman–Crippen LogP) is -0.129. The first-order valence-electron chi connectivity index (χ1n) is 37.5. The van der Waals surface area contributed by atoms with Crippen molar-refractivity contribution in [2.45, 2.75) is 224 Å². The van der Waals surface area contributed by atoms with Crippen molar-refractivity contribution >= 4 is 112 Å². The van der Waals surface area contributed by atoms with Crippen molar-refractivity contribution in [2.75, 3.05) is 31.1 Å². The normalized spacial score (nSPS) is 19.0. The first-order valence-corrected chi connectivity index (χ1v) is 39.8. The Morgan fingerprint density at radius 1 is 0.532 bits per heavy atom. The highest BCUT2D eigenvalue weighted by atomic mass is 32.2. The third-order valence-corrected chi connectivity index (χ3v) is 20.7. The van der Waals surface area contributed by atoms with Crippen molar-refractivity contribution in [1.29, 1.82) is 0 Å². The highest BCUT2D eigenvalue weighted by Crippen LogP contribution is 2.21. The molecule has 0 fully saturated rings. The van der Waals surface area contributed by atoms with Crippen molar-refractivity contribution in [1.82, 2.24) is 74.1 Å². The van der Waals surface area contributed by atoms with Gasteiger partial charge in [0.25, 0.3) is 0 Å². The summed E-state index contributed by atoms with van der Waals surface area (Å²) in [5.41, 5.74) is 13.0. The van der Waals surface area contributed by atoms with Crippen LogP contribution in [-0.2, 0) is 96.3 Å². The number of nitrogens with zero attached hydrogens (tertiary/aromatic N) is 1. The molecule has 14 amide bonds. The van der Waals surface area contributed by atoms with E-state index in [-0.39, 0.29) is 66.6 Å². The zero-order chi connectivity index (χ0) is 82.4. The number of primary amides is 1. The molecule has 2 bridgehead atoms. The number of carboxylic acid groups (broad SMARTS) is 1. The number of aliphatic carboxylic acids is 1.